The van der Waals surface area contributed by atoms with Crippen LogP contribution in [0.4, 0.5) is 0 Å². The summed E-state index contributed by atoms with van der Waals surface area (Å²) in [5.41, 5.74) is 2.91. The summed E-state index contributed by atoms with van der Waals surface area (Å²) in [5, 5.41) is 3.45. The molecule has 1 heterocycles. The molecule has 100 valence electrons. The van der Waals surface area contributed by atoms with E-state index in [2.05, 4.69) is 36.5 Å². The Bertz CT molecular complexity index is 351. The second kappa shape index (κ2) is 7.55. The van der Waals surface area contributed by atoms with Crippen LogP contribution in [0.15, 0.2) is 24.3 Å². The number of nitrogens with one attached hydrogen (secondary N) is 1. The summed E-state index contributed by atoms with van der Waals surface area (Å²) in [5.74, 6) is 0. The summed E-state index contributed by atoms with van der Waals surface area (Å²) in [7, 11) is 0. The molecular formula is C16H25NO. The van der Waals surface area contributed by atoms with Gasteiger partial charge in [-0.3, -0.25) is 0 Å². The molecule has 2 heteroatoms. The van der Waals surface area contributed by atoms with Crippen LogP contribution < -0.4 is 5.32 Å². The molecule has 0 aliphatic carbocycles. The molecule has 0 aromatic heterocycles. The van der Waals surface area contributed by atoms with Gasteiger partial charge in [0.1, 0.15) is 0 Å². The van der Waals surface area contributed by atoms with Crippen LogP contribution in [-0.2, 0) is 11.2 Å². The SMILES string of the molecule is CCCNCCCCC1OCCc2ccccc21. The maximum absolute atomic E-state index is 5.91. The summed E-state index contributed by atoms with van der Waals surface area (Å²) in [6.07, 6.45) is 6.29. The summed E-state index contributed by atoms with van der Waals surface area (Å²) < 4.78 is 5.91. The predicted octanol–water partition coefficient (Wildman–Crippen LogP) is 3.47. The van der Waals surface area contributed by atoms with E-state index in [1.165, 1.54) is 30.4 Å². The van der Waals surface area contributed by atoms with Gasteiger partial charge in [-0.1, -0.05) is 31.2 Å². The van der Waals surface area contributed by atoms with Crippen molar-refractivity contribution in [2.24, 2.45) is 0 Å². The maximum atomic E-state index is 5.91. The van der Waals surface area contributed by atoms with Crippen molar-refractivity contribution < 1.29 is 4.74 Å². The van der Waals surface area contributed by atoms with Crippen molar-refractivity contribution in [1.29, 1.82) is 0 Å². The minimum atomic E-state index is 0.334. The molecule has 1 aromatic carbocycles. The second-order valence-electron chi connectivity index (χ2n) is 5.05. The zero-order chi connectivity index (χ0) is 12.6. The molecule has 0 radical (unpaired) electrons. The van der Waals surface area contributed by atoms with Gasteiger partial charge in [0.05, 0.1) is 12.7 Å². The lowest BCUT2D eigenvalue weighted by molar-refractivity contribution is 0.0349. The molecule has 1 atom stereocenters. The first-order valence-corrected chi connectivity index (χ1v) is 7.32. The first-order valence-electron chi connectivity index (χ1n) is 7.32. The number of hydrogen-bond donors (Lipinski definition) is 1. The molecular weight excluding hydrogens is 222 g/mol. The van der Waals surface area contributed by atoms with Crippen molar-refractivity contribution >= 4 is 0 Å². The standard InChI is InChI=1S/C16H25NO/c1-2-11-17-12-6-5-9-16-15-8-4-3-7-14(15)10-13-18-16/h3-4,7-8,16-17H,2,5-6,9-13H2,1H3. The fourth-order valence-corrected chi connectivity index (χ4v) is 2.60. The van der Waals surface area contributed by atoms with Gasteiger partial charge in [-0.2, -0.15) is 0 Å². The molecule has 2 rings (SSSR count). The second-order valence-corrected chi connectivity index (χ2v) is 5.05. The van der Waals surface area contributed by atoms with Crippen molar-refractivity contribution in [2.75, 3.05) is 19.7 Å². The van der Waals surface area contributed by atoms with Gasteiger partial charge in [-0.25, -0.2) is 0 Å². The maximum Gasteiger partial charge on any atom is 0.0827 e. The zero-order valence-electron chi connectivity index (χ0n) is 11.5. The average Bonchev–Trinajstić information content (AvgIpc) is 2.43. The Hall–Kier alpha value is -0.860. The third kappa shape index (κ3) is 3.82. The Kier molecular flexibility index (Phi) is 5.69. The quantitative estimate of drug-likeness (QED) is 0.745. The Morgan fingerprint density at radius 3 is 3.00 bits per heavy atom. The van der Waals surface area contributed by atoms with E-state index in [1.54, 1.807) is 0 Å². The first-order chi connectivity index (χ1) is 8.92. The molecule has 0 bridgehead atoms. The Morgan fingerprint density at radius 2 is 2.11 bits per heavy atom. The van der Waals surface area contributed by atoms with Gasteiger partial charge in [0, 0.05) is 0 Å². The lowest BCUT2D eigenvalue weighted by atomic mass is 9.94. The molecule has 1 aliphatic rings. The van der Waals surface area contributed by atoms with E-state index in [0.29, 0.717) is 6.10 Å². The van der Waals surface area contributed by atoms with Crippen LogP contribution in [0.1, 0.15) is 49.8 Å². The van der Waals surface area contributed by atoms with E-state index >= 15 is 0 Å². The van der Waals surface area contributed by atoms with Crippen molar-refractivity contribution in [3.05, 3.63) is 35.4 Å². The molecule has 18 heavy (non-hydrogen) atoms. The number of ether oxygens (including phenoxy) is 1. The Balaban J connectivity index is 1.74. The topological polar surface area (TPSA) is 21.3 Å². The van der Waals surface area contributed by atoms with E-state index in [1.807, 2.05) is 0 Å². The number of fused-ring (bicyclic) bond motifs is 1. The third-order valence-electron chi connectivity index (χ3n) is 3.59. The van der Waals surface area contributed by atoms with Crippen LogP contribution in [0, 0.1) is 0 Å². The van der Waals surface area contributed by atoms with E-state index in [-0.39, 0.29) is 0 Å². The highest BCUT2D eigenvalue weighted by Gasteiger charge is 2.19. The predicted molar refractivity (Wildman–Crippen MR) is 75.9 cm³/mol. The van der Waals surface area contributed by atoms with Crippen molar-refractivity contribution in [2.45, 2.75) is 45.1 Å². The molecule has 0 amide bonds. The highest BCUT2D eigenvalue weighted by atomic mass is 16.5. The average molecular weight is 247 g/mol. The van der Waals surface area contributed by atoms with Gasteiger partial charge in [-0.15, -0.1) is 0 Å². The van der Waals surface area contributed by atoms with E-state index in [0.717, 1.165) is 32.5 Å². The molecule has 1 N–H and O–H groups in total. The molecule has 1 unspecified atom stereocenters. The zero-order valence-corrected chi connectivity index (χ0v) is 11.5. The van der Waals surface area contributed by atoms with Gasteiger partial charge in [0.15, 0.2) is 0 Å². The van der Waals surface area contributed by atoms with Gasteiger partial charge in [0.2, 0.25) is 0 Å². The minimum Gasteiger partial charge on any atom is -0.373 e. The van der Waals surface area contributed by atoms with Crippen molar-refractivity contribution in [3.8, 4) is 0 Å². The molecule has 1 aromatic rings. The van der Waals surface area contributed by atoms with Gasteiger partial charge in [0.25, 0.3) is 0 Å². The van der Waals surface area contributed by atoms with Crippen LogP contribution >= 0.6 is 0 Å². The van der Waals surface area contributed by atoms with Crippen LogP contribution in [0.5, 0.6) is 0 Å². The number of unbranched alkanes of at least 4 members (excludes halogenated alkanes) is 1. The minimum absolute atomic E-state index is 0.334. The van der Waals surface area contributed by atoms with Crippen LogP contribution in [0.2, 0.25) is 0 Å². The fourth-order valence-electron chi connectivity index (χ4n) is 2.60. The molecule has 0 spiro atoms. The summed E-state index contributed by atoms with van der Waals surface area (Å²) >= 11 is 0. The first kappa shape index (κ1) is 13.6. The fraction of sp³-hybridized carbons (Fsp3) is 0.625. The number of hydrogen-bond acceptors (Lipinski definition) is 2. The summed E-state index contributed by atoms with van der Waals surface area (Å²) in [6.45, 7) is 5.38. The van der Waals surface area contributed by atoms with Crippen LogP contribution in [0.25, 0.3) is 0 Å². The summed E-state index contributed by atoms with van der Waals surface area (Å²) in [4.78, 5) is 0. The lowest BCUT2D eigenvalue weighted by Gasteiger charge is -2.26. The van der Waals surface area contributed by atoms with Crippen LogP contribution in [-0.4, -0.2) is 19.7 Å². The highest BCUT2D eigenvalue weighted by Crippen LogP contribution is 2.30. The molecule has 0 fully saturated rings. The van der Waals surface area contributed by atoms with Gasteiger partial charge >= 0.3 is 0 Å². The van der Waals surface area contributed by atoms with Gasteiger partial charge < -0.3 is 10.1 Å². The highest BCUT2D eigenvalue weighted by molar-refractivity contribution is 5.30. The Morgan fingerprint density at radius 1 is 1.22 bits per heavy atom. The molecule has 0 saturated heterocycles. The van der Waals surface area contributed by atoms with Crippen molar-refractivity contribution in [1.82, 2.24) is 5.32 Å². The molecule has 0 saturated carbocycles. The van der Waals surface area contributed by atoms with Gasteiger partial charge in [-0.05, 0) is 56.3 Å². The Labute approximate surface area is 111 Å². The summed E-state index contributed by atoms with van der Waals surface area (Å²) in [6, 6.07) is 8.74. The normalized spacial score (nSPS) is 18.6. The lowest BCUT2D eigenvalue weighted by Crippen LogP contribution is -2.18. The third-order valence-corrected chi connectivity index (χ3v) is 3.59. The monoisotopic (exact) mass is 247 g/mol. The van der Waals surface area contributed by atoms with Crippen LogP contribution in [0.3, 0.4) is 0 Å². The van der Waals surface area contributed by atoms with Crippen molar-refractivity contribution in [3.63, 3.8) is 0 Å². The number of rotatable bonds is 7. The number of benzene rings is 1. The van der Waals surface area contributed by atoms with E-state index in [9.17, 15) is 0 Å². The van der Waals surface area contributed by atoms with E-state index in [4.69, 9.17) is 4.74 Å². The largest absolute Gasteiger partial charge is 0.373 e. The molecule has 2 nitrogen and oxygen atoms in total. The smallest absolute Gasteiger partial charge is 0.0827 e. The molecule has 1 aliphatic heterocycles. The van der Waals surface area contributed by atoms with E-state index < -0.39 is 0 Å².